The normalized spacial score (nSPS) is 9.18. The zero-order valence-corrected chi connectivity index (χ0v) is 6.20. The molecule has 1 nitrogen and oxygen atoms in total. The first-order valence-corrected chi connectivity index (χ1v) is 3.44. The molecule has 0 unspecified atom stereocenters. The Morgan fingerprint density at radius 1 is 1.36 bits per heavy atom. The number of benzene rings is 1. The number of halogens is 1. The minimum Gasteiger partial charge on any atom is -0.208 e. The van der Waals surface area contributed by atoms with Crippen LogP contribution in [-0.4, -0.2) is 6.54 Å². The number of hydrogen-bond acceptors (Lipinski definition) is 1. The highest BCUT2D eigenvalue weighted by Gasteiger charge is 1.98. The Morgan fingerprint density at radius 3 is 2.55 bits per heavy atom. The summed E-state index contributed by atoms with van der Waals surface area (Å²) in [4.78, 5) is 0. The van der Waals surface area contributed by atoms with E-state index >= 15 is 0 Å². The van der Waals surface area contributed by atoms with E-state index in [9.17, 15) is 4.48 Å². The van der Waals surface area contributed by atoms with E-state index in [1.54, 1.807) is 24.3 Å². The topological polar surface area (TPSA) is 3.24 Å². The second kappa shape index (κ2) is 3.76. The van der Waals surface area contributed by atoms with E-state index in [1.165, 1.54) is 6.08 Å². The molecule has 0 saturated carbocycles. The lowest BCUT2D eigenvalue weighted by molar-refractivity contribution is 0.455. The smallest absolute Gasteiger partial charge is 0.0691 e. The Hall–Kier alpha value is -1.31. The quantitative estimate of drug-likeness (QED) is 0.474. The van der Waals surface area contributed by atoms with Gasteiger partial charge < -0.3 is 0 Å². The van der Waals surface area contributed by atoms with Crippen molar-refractivity contribution in [2.24, 2.45) is 0 Å². The van der Waals surface area contributed by atoms with Gasteiger partial charge in [0.15, 0.2) is 0 Å². The maximum absolute atomic E-state index is 12.9. The van der Waals surface area contributed by atoms with E-state index < -0.39 is 0 Å². The number of para-hydroxylation sites is 1. The Balaban J connectivity index is 2.68. The van der Waals surface area contributed by atoms with Crippen LogP contribution in [0.15, 0.2) is 43.0 Å². The highest BCUT2D eigenvalue weighted by molar-refractivity contribution is 5.43. The molecule has 1 aromatic rings. The summed E-state index contributed by atoms with van der Waals surface area (Å²) in [5.74, 6) is 0. The molecule has 1 aromatic carbocycles. The lowest BCUT2D eigenvalue weighted by atomic mass is 10.3. The average Bonchev–Trinajstić information content (AvgIpc) is 2.07. The molecule has 0 aliphatic heterocycles. The Labute approximate surface area is 65.7 Å². The largest absolute Gasteiger partial charge is 0.208 e. The molecule has 0 atom stereocenters. The maximum atomic E-state index is 12.9. The van der Waals surface area contributed by atoms with E-state index in [-0.39, 0.29) is 6.54 Å². The van der Waals surface area contributed by atoms with Crippen molar-refractivity contribution in [2.75, 3.05) is 11.7 Å². The minimum atomic E-state index is 0.226. The zero-order valence-electron chi connectivity index (χ0n) is 6.20. The highest BCUT2D eigenvalue weighted by Crippen LogP contribution is 2.12. The van der Waals surface area contributed by atoms with Crippen LogP contribution in [0.1, 0.15) is 0 Å². The zero-order chi connectivity index (χ0) is 8.10. The minimum absolute atomic E-state index is 0.226. The van der Waals surface area contributed by atoms with Crippen LogP contribution >= 0.6 is 0 Å². The lowest BCUT2D eigenvalue weighted by Gasteiger charge is -2.09. The molecular weight excluding hydrogens is 141 g/mol. The van der Waals surface area contributed by atoms with Gasteiger partial charge in [-0.2, -0.15) is 0 Å². The van der Waals surface area contributed by atoms with Gasteiger partial charge in [0, 0.05) is 0 Å². The van der Waals surface area contributed by atoms with Crippen molar-refractivity contribution < 1.29 is 4.48 Å². The molecule has 0 radical (unpaired) electrons. The van der Waals surface area contributed by atoms with Crippen molar-refractivity contribution >= 4 is 5.69 Å². The van der Waals surface area contributed by atoms with Crippen LogP contribution in [0.3, 0.4) is 0 Å². The molecule has 2 heteroatoms. The summed E-state index contributed by atoms with van der Waals surface area (Å²) < 4.78 is 12.9. The second-order valence-electron chi connectivity index (χ2n) is 2.17. The molecule has 0 saturated heterocycles. The molecule has 58 valence electrons. The molecule has 0 aromatic heterocycles. The third kappa shape index (κ3) is 2.08. The first kappa shape index (κ1) is 7.79. The summed E-state index contributed by atoms with van der Waals surface area (Å²) in [5, 5.41) is 0.646. The van der Waals surface area contributed by atoms with Crippen molar-refractivity contribution in [1.82, 2.24) is 0 Å². The monoisotopic (exact) mass is 151 g/mol. The van der Waals surface area contributed by atoms with Crippen molar-refractivity contribution in [1.29, 1.82) is 0 Å². The molecule has 1 rings (SSSR count). The van der Waals surface area contributed by atoms with Crippen molar-refractivity contribution in [3.63, 3.8) is 0 Å². The first-order valence-electron chi connectivity index (χ1n) is 3.44. The fourth-order valence-electron chi connectivity index (χ4n) is 0.809. The van der Waals surface area contributed by atoms with Crippen LogP contribution in [0, 0.1) is 0 Å². The van der Waals surface area contributed by atoms with Crippen LogP contribution in [0.25, 0.3) is 0 Å². The Morgan fingerprint density at radius 2 is 2.00 bits per heavy atom. The first-order chi connectivity index (χ1) is 5.34. The van der Waals surface area contributed by atoms with Gasteiger partial charge in [0.25, 0.3) is 0 Å². The average molecular weight is 151 g/mol. The third-order valence-electron chi connectivity index (χ3n) is 1.33. The van der Waals surface area contributed by atoms with Gasteiger partial charge in [0.1, 0.15) is 0 Å². The van der Waals surface area contributed by atoms with Gasteiger partial charge in [-0.05, 0) is 12.1 Å². The summed E-state index contributed by atoms with van der Waals surface area (Å²) in [6.45, 7) is 3.67. The summed E-state index contributed by atoms with van der Waals surface area (Å²) in [7, 11) is 0. The summed E-state index contributed by atoms with van der Waals surface area (Å²) >= 11 is 0. The van der Waals surface area contributed by atoms with Crippen LogP contribution < -0.4 is 5.12 Å². The molecule has 0 aliphatic rings. The maximum Gasteiger partial charge on any atom is 0.0691 e. The Kier molecular flexibility index (Phi) is 2.66. The second-order valence-corrected chi connectivity index (χ2v) is 2.17. The van der Waals surface area contributed by atoms with Crippen LogP contribution in [0.5, 0.6) is 0 Å². The predicted molar refractivity (Wildman–Crippen MR) is 45.1 cm³/mol. The van der Waals surface area contributed by atoms with E-state index in [4.69, 9.17) is 0 Å². The fourth-order valence-corrected chi connectivity index (χ4v) is 0.809. The molecule has 0 bridgehead atoms. The van der Waals surface area contributed by atoms with Gasteiger partial charge in [-0.1, -0.05) is 28.8 Å². The van der Waals surface area contributed by atoms with E-state index in [2.05, 4.69) is 6.58 Å². The SMILES string of the molecule is C=CCN(F)c1ccccc1. The highest BCUT2D eigenvalue weighted by atomic mass is 19.2. The standard InChI is InChI=1S/C9H10FN/c1-2-8-11(10)9-6-4-3-5-7-9/h2-7H,1,8H2. The number of nitrogens with zero attached hydrogens (tertiary/aromatic N) is 1. The van der Waals surface area contributed by atoms with E-state index in [1.807, 2.05) is 6.07 Å². The molecular formula is C9H10FN. The molecule has 0 fully saturated rings. The predicted octanol–water partition coefficient (Wildman–Crippen LogP) is 2.56. The number of anilines is 1. The lowest BCUT2D eigenvalue weighted by Crippen LogP contribution is -2.10. The fraction of sp³-hybridized carbons (Fsp3) is 0.111. The third-order valence-corrected chi connectivity index (χ3v) is 1.33. The summed E-state index contributed by atoms with van der Waals surface area (Å²) in [6, 6.07) is 8.87. The van der Waals surface area contributed by atoms with Crippen LogP contribution in [-0.2, 0) is 0 Å². The number of rotatable bonds is 3. The van der Waals surface area contributed by atoms with Gasteiger partial charge in [-0.25, -0.2) is 5.12 Å². The van der Waals surface area contributed by atoms with E-state index in [0.29, 0.717) is 10.8 Å². The molecule has 0 spiro atoms. The van der Waals surface area contributed by atoms with Gasteiger partial charge in [0.05, 0.1) is 12.2 Å². The number of hydrogen-bond donors (Lipinski definition) is 0. The van der Waals surface area contributed by atoms with Crippen molar-refractivity contribution in [2.45, 2.75) is 0 Å². The molecule has 0 amide bonds. The summed E-state index contributed by atoms with van der Waals surface area (Å²) in [5.41, 5.74) is 0.562. The van der Waals surface area contributed by atoms with E-state index in [0.717, 1.165) is 0 Å². The molecule has 0 aliphatic carbocycles. The van der Waals surface area contributed by atoms with Crippen LogP contribution in [0.2, 0.25) is 0 Å². The van der Waals surface area contributed by atoms with Crippen molar-refractivity contribution in [3.05, 3.63) is 43.0 Å². The molecule has 11 heavy (non-hydrogen) atoms. The van der Waals surface area contributed by atoms with Crippen molar-refractivity contribution in [3.8, 4) is 0 Å². The van der Waals surface area contributed by atoms with Crippen LogP contribution in [0.4, 0.5) is 10.2 Å². The van der Waals surface area contributed by atoms with Gasteiger partial charge in [-0.3, -0.25) is 0 Å². The summed E-state index contributed by atoms with van der Waals surface area (Å²) in [6.07, 6.45) is 1.52. The molecule has 0 heterocycles. The Bertz CT molecular complexity index is 220. The van der Waals surface area contributed by atoms with Gasteiger partial charge >= 0.3 is 0 Å². The van der Waals surface area contributed by atoms with Gasteiger partial charge in [0.2, 0.25) is 0 Å². The molecule has 0 N–H and O–H groups in total. The van der Waals surface area contributed by atoms with Gasteiger partial charge in [-0.15, -0.1) is 6.58 Å².